The van der Waals surface area contributed by atoms with E-state index in [1.54, 1.807) is 38.4 Å². The first kappa shape index (κ1) is 14.3. The molecule has 2 heterocycles. The lowest BCUT2D eigenvalue weighted by atomic mass is 10.1. The fraction of sp³-hybridized carbons (Fsp3) is 0.133. The minimum absolute atomic E-state index is 0.199. The van der Waals surface area contributed by atoms with Crippen LogP contribution in [0.1, 0.15) is 15.9 Å². The number of pyridine rings is 1. The van der Waals surface area contributed by atoms with Gasteiger partial charge in [-0.2, -0.15) is 0 Å². The van der Waals surface area contributed by atoms with Crippen LogP contribution in [0.3, 0.4) is 0 Å². The highest BCUT2D eigenvalue weighted by atomic mass is 35.5. The SMILES string of the molecule is Cc1cnc(Cl)cc1C(=O)Nc1ccc2[nH]c(=O)n(C)c2c1. The number of aromatic amines is 1. The summed E-state index contributed by atoms with van der Waals surface area (Å²) >= 11 is 5.83. The third-order valence-electron chi connectivity index (χ3n) is 3.48. The van der Waals surface area contributed by atoms with Crippen LogP contribution in [0.5, 0.6) is 0 Å². The van der Waals surface area contributed by atoms with Gasteiger partial charge in [-0.1, -0.05) is 11.6 Å². The van der Waals surface area contributed by atoms with Crippen LogP contribution in [0.15, 0.2) is 35.3 Å². The summed E-state index contributed by atoms with van der Waals surface area (Å²) in [7, 11) is 1.67. The predicted molar refractivity (Wildman–Crippen MR) is 85.5 cm³/mol. The molecule has 0 saturated heterocycles. The molecule has 112 valence electrons. The highest BCUT2D eigenvalue weighted by Crippen LogP contribution is 2.18. The Balaban J connectivity index is 1.95. The second-order valence-electron chi connectivity index (χ2n) is 5.00. The van der Waals surface area contributed by atoms with Crippen molar-refractivity contribution in [1.29, 1.82) is 0 Å². The number of H-pyrrole nitrogens is 1. The van der Waals surface area contributed by atoms with E-state index in [4.69, 9.17) is 11.6 Å². The Hall–Kier alpha value is -2.60. The van der Waals surface area contributed by atoms with E-state index >= 15 is 0 Å². The van der Waals surface area contributed by atoms with Crippen LogP contribution < -0.4 is 11.0 Å². The van der Waals surface area contributed by atoms with Gasteiger partial charge in [0.15, 0.2) is 0 Å². The largest absolute Gasteiger partial charge is 0.326 e. The molecule has 0 bridgehead atoms. The topological polar surface area (TPSA) is 79.8 Å². The van der Waals surface area contributed by atoms with Crippen LogP contribution in [0.4, 0.5) is 5.69 Å². The van der Waals surface area contributed by atoms with Crippen LogP contribution in [-0.4, -0.2) is 20.4 Å². The van der Waals surface area contributed by atoms with Crippen molar-refractivity contribution < 1.29 is 4.79 Å². The molecule has 0 unspecified atom stereocenters. The van der Waals surface area contributed by atoms with Crippen LogP contribution in [-0.2, 0) is 7.05 Å². The summed E-state index contributed by atoms with van der Waals surface area (Å²) < 4.78 is 1.49. The normalized spacial score (nSPS) is 10.9. The zero-order chi connectivity index (χ0) is 15.9. The third kappa shape index (κ3) is 2.48. The molecule has 2 aromatic heterocycles. The van der Waals surface area contributed by atoms with Gasteiger partial charge in [0.1, 0.15) is 5.15 Å². The average Bonchev–Trinajstić information content (AvgIpc) is 2.77. The summed E-state index contributed by atoms with van der Waals surface area (Å²) in [6.45, 7) is 1.79. The maximum absolute atomic E-state index is 12.3. The third-order valence-corrected chi connectivity index (χ3v) is 3.68. The molecule has 2 N–H and O–H groups in total. The fourth-order valence-corrected chi connectivity index (χ4v) is 2.40. The van der Waals surface area contributed by atoms with Gasteiger partial charge in [-0.3, -0.25) is 9.36 Å². The lowest BCUT2D eigenvalue weighted by molar-refractivity contribution is 0.102. The van der Waals surface area contributed by atoms with E-state index in [0.29, 0.717) is 22.3 Å². The number of nitrogens with one attached hydrogen (secondary N) is 2. The molecule has 1 amide bonds. The molecule has 0 fully saturated rings. The van der Waals surface area contributed by atoms with Crippen LogP contribution >= 0.6 is 11.6 Å². The van der Waals surface area contributed by atoms with Crippen molar-refractivity contribution in [2.24, 2.45) is 7.05 Å². The Morgan fingerprint density at radius 1 is 1.36 bits per heavy atom. The van der Waals surface area contributed by atoms with Gasteiger partial charge in [-0.15, -0.1) is 0 Å². The zero-order valence-corrected chi connectivity index (χ0v) is 12.7. The van der Waals surface area contributed by atoms with Gasteiger partial charge in [0.25, 0.3) is 5.91 Å². The number of aromatic nitrogens is 3. The Kier molecular flexibility index (Phi) is 3.46. The highest BCUT2D eigenvalue weighted by molar-refractivity contribution is 6.29. The van der Waals surface area contributed by atoms with E-state index in [2.05, 4.69) is 15.3 Å². The Bertz CT molecular complexity index is 942. The molecule has 3 rings (SSSR count). The number of hydrogen-bond acceptors (Lipinski definition) is 3. The van der Waals surface area contributed by atoms with Crippen LogP contribution in [0, 0.1) is 6.92 Å². The first-order chi connectivity index (χ1) is 10.5. The minimum atomic E-state index is -0.276. The van der Waals surface area contributed by atoms with Gasteiger partial charge in [0.2, 0.25) is 0 Å². The van der Waals surface area contributed by atoms with Gasteiger partial charge < -0.3 is 10.3 Å². The zero-order valence-electron chi connectivity index (χ0n) is 12.0. The Morgan fingerprint density at radius 2 is 2.14 bits per heavy atom. The molecule has 0 aliphatic heterocycles. The predicted octanol–water partition coefficient (Wildman–Crippen LogP) is 2.48. The summed E-state index contributed by atoms with van der Waals surface area (Å²) in [4.78, 5) is 30.6. The van der Waals surface area contributed by atoms with Crippen molar-refractivity contribution in [3.05, 3.63) is 57.2 Å². The first-order valence-electron chi connectivity index (χ1n) is 6.58. The standard InChI is InChI=1S/C15H13ClN4O2/c1-8-7-17-13(16)6-10(8)14(21)18-9-3-4-11-12(5-9)20(2)15(22)19-11/h3-7H,1-2H3,(H,18,21)(H,19,22). The number of amides is 1. The molecule has 0 saturated carbocycles. The van der Waals surface area contributed by atoms with Crippen molar-refractivity contribution in [2.75, 3.05) is 5.32 Å². The molecule has 3 aromatic rings. The smallest absolute Gasteiger partial charge is 0.322 e. The van der Waals surface area contributed by atoms with Crippen molar-refractivity contribution >= 4 is 34.2 Å². The second-order valence-corrected chi connectivity index (χ2v) is 5.38. The number of aryl methyl sites for hydroxylation is 2. The van der Waals surface area contributed by atoms with Crippen LogP contribution in [0.25, 0.3) is 11.0 Å². The number of nitrogens with zero attached hydrogens (tertiary/aromatic N) is 2. The number of rotatable bonds is 2. The maximum Gasteiger partial charge on any atom is 0.326 e. The molecule has 0 radical (unpaired) electrons. The summed E-state index contributed by atoms with van der Waals surface area (Å²) in [5.74, 6) is -0.276. The average molecular weight is 317 g/mol. The van der Waals surface area contributed by atoms with Gasteiger partial charge in [-0.05, 0) is 36.8 Å². The lowest BCUT2D eigenvalue weighted by Crippen LogP contribution is -2.14. The van der Waals surface area contributed by atoms with Crippen LogP contribution in [0.2, 0.25) is 5.15 Å². The minimum Gasteiger partial charge on any atom is -0.322 e. The van der Waals surface area contributed by atoms with Gasteiger partial charge in [0, 0.05) is 24.5 Å². The molecular weight excluding hydrogens is 304 g/mol. The molecule has 0 spiro atoms. The Labute approximate surface area is 130 Å². The number of imidazole rings is 1. The molecule has 22 heavy (non-hydrogen) atoms. The Morgan fingerprint density at radius 3 is 2.91 bits per heavy atom. The molecular formula is C15H13ClN4O2. The van der Waals surface area contributed by atoms with Crippen molar-refractivity contribution in [2.45, 2.75) is 6.92 Å². The van der Waals surface area contributed by atoms with Gasteiger partial charge >= 0.3 is 5.69 Å². The van der Waals surface area contributed by atoms with Crippen molar-refractivity contribution in [3.8, 4) is 0 Å². The first-order valence-corrected chi connectivity index (χ1v) is 6.96. The van der Waals surface area contributed by atoms with E-state index in [0.717, 1.165) is 5.56 Å². The van der Waals surface area contributed by atoms with E-state index < -0.39 is 0 Å². The number of fused-ring (bicyclic) bond motifs is 1. The quantitative estimate of drug-likeness (QED) is 0.713. The fourth-order valence-electron chi connectivity index (χ4n) is 2.24. The molecule has 0 aliphatic carbocycles. The highest BCUT2D eigenvalue weighted by Gasteiger charge is 2.12. The summed E-state index contributed by atoms with van der Waals surface area (Å²) in [5, 5.41) is 3.06. The van der Waals surface area contributed by atoms with Gasteiger partial charge in [0.05, 0.1) is 11.0 Å². The number of hydrogen-bond donors (Lipinski definition) is 2. The molecule has 7 heteroatoms. The summed E-state index contributed by atoms with van der Waals surface area (Å²) in [6.07, 6.45) is 1.55. The second kappa shape index (κ2) is 5.31. The monoisotopic (exact) mass is 316 g/mol. The number of anilines is 1. The van der Waals surface area contributed by atoms with Crippen molar-refractivity contribution in [3.63, 3.8) is 0 Å². The molecule has 0 atom stereocenters. The summed E-state index contributed by atoms with van der Waals surface area (Å²) in [6, 6.07) is 6.74. The summed E-state index contributed by atoms with van der Waals surface area (Å²) in [5.41, 5.74) is 3.02. The van der Waals surface area contributed by atoms with Crippen molar-refractivity contribution in [1.82, 2.24) is 14.5 Å². The number of carbonyl (C=O) groups excluding carboxylic acids is 1. The van der Waals surface area contributed by atoms with E-state index in [1.165, 1.54) is 10.6 Å². The molecule has 1 aromatic carbocycles. The number of benzene rings is 1. The van der Waals surface area contributed by atoms with E-state index in [-0.39, 0.29) is 16.8 Å². The van der Waals surface area contributed by atoms with E-state index in [1.807, 2.05) is 0 Å². The molecule has 6 nitrogen and oxygen atoms in total. The maximum atomic E-state index is 12.3. The lowest BCUT2D eigenvalue weighted by Gasteiger charge is -2.08. The van der Waals surface area contributed by atoms with E-state index in [9.17, 15) is 9.59 Å². The molecule has 0 aliphatic rings. The number of halogens is 1. The van der Waals surface area contributed by atoms with Gasteiger partial charge in [-0.25, -0.2) is 9.78 Å². The number of carbonyl (C=O) groups is 1.